The average molecular weight is 333 g/mol. The summed E-state index contributed by atoms with van der Waals surface area (Å²) in [5, 5.41) is 7.98. The average Bonchev–Trinajstić information content (AvgIpc) is 3.01. The van der Waals surface area contributed by atoms with E-state index < -0.39 is 0 Å². The zero-order chi connectivity index (χ0) is 16.9. The monoisotopic (exact) mass is 333 g/mol. The van der Waals surface area contributed by atoms with E-state index in [1.807, 2.05) is 30.6 Å². The van der Waals surface area contributed by atoms with Crippen LogP contribution in [-0.4, -0.2) is 32.8 Å². The minimum absolute atomic E-state index is 0.479. The maximum atomic E-state index is 4.51. The van der Waals surface area contributed by atoms with Crippen LogP contribution in [-0.2, 0) is 19.6 Å². The van der Waals surface area contributed by atoms with Crippen molar-refractivity contribution >= 4 is 5.82 Å². The first-order chi connectivity index (χ1) is 12.4. The maximum absolute atomic E-state index is 4.51. The summed E-state index contributed by atoms with van der Waals surface area (Å²) in [5.41, 5.74) is 2.64. The lowest BCUT2D eigenvalue weighted by atomic mass is 10.1. The minimum atomic E-state index is 0.479. The molecular formula is C20H23N5. The number of fused-ring (bicyclic) bond motifs is 1. The van der Waals surface area contributed by atoms with Crippen molar-refractivity contribution in [1.29, 1.82) is 0 Å². The second kappa shape index (κ2) is 7.49. The van der Waals surface area contributed by atoms with E-state index in [2.05, 4.69) is 61.4 Å². The van der Waals surface area contributed by atoms with Gasteiger partial charge in [-0.1, -0.05) is 36.4 Å². The number of rotatable bonds is 5. The van der Waals surface area contributed by atoms with Crippen LogP contribution in [0.3, 0.4) is 0 Å². The summed E-state index contributed by atoms with van der Waals surface area (Å²) >= 11 is 0. The van der Waals surface area contributed by atoms with E-state index in [1.54, 1.807) is 0 Å². The van der Waals surface area contributed by atoms with Gasteiger partial charge in [-0.15, -0.1) is 0 Å². The largest absolute Gasteiger partial charge is 0.370 e. The number of nitrogens with one attached hydrogen (secondary N) is 1. The SMILES string of the molecule is c1ccc(CN2Cc3ccnn3C[C@H](CNc3ccccn3)C2)cc1. The van der Waals surface area contributed by atoms with Crippen LogP contribution in [0.15, 0.2) is 67.0 Å². The molecule has 1 N–H and O–H groups in total. The molecule has 0 amide bonds. The van der Waals surface area contributed by atoms with Gasteiger partial charge in [-0.25, -0.2) is 4.98 Å². The van der Waals surface area contributed by atoms with Gasteiger partial charge in [-0.2, -0.15) is 5.10 Å². The van der Waals surface area contributed by atoms with Crippen molar-refractivity contribution in [2.24, 2.45) is 5.92 Å². The first-order valence-corrected chi connectivity index (χ1v) is 8.79. The molecule has 3 aromatic rings. The fraction of sp³-hybridized carbons (Fsp3) is 0.300. The van der Waals surface area contributed by atoms with E-state index in [9.17, 15) is 0 Å². The van der Waals surface area contributed by atoms with Crippen LogP contribution < -0.4 is 5.32 Å². The van der Waals surface area contributed by atoms with E-state index in [-0.39, 0.29) is 0 Å². The Bertz CT molecular complexity index is 784. The highest BCUT2D eigenvalue weighted by molar-refractivity contribution is 5.33. The van der Waals surface area contributed by atoms with Crippen LogP contribution in [0.25, 0.3) is 0 Å². The molecule has 0 radical (unpaired) electrons. The van der Waals surface area contributed by atoms with E-state index in [0.29, 0.717) is 5.92 Å². The molecule has 5 nitrogen and oxygen atoms in total. The molecule has 1 aliphatic rings. The van der Waals surface area contributed by atoms with E-state index in [4.69, 9.17) is 0 Å². The Hall–Kier alpha value is -2.66. The second-order valence-electron chi connectivity index (χ2n) is 6.62. The first-order valence-electron chi connectivity index (χ1n) is 8.79. The molecule has 0 unspecified atom stereocenters. The fourth-order valence-electron chi connectivity index (χ4n) is 3.43. The summed E-state index contributed by atoms with van der Waals surface area (Å²) in [6, 6.07) is 18.8. The molecule has 5 heteroatoms. The van der Waals surface area contributed by atoms with Crippen molar-refractivity contribution in [3.8, 4) is 0 Å². The Labute approximate surface area is 148 Å². The van der Waals surface area contributed by atoms with Crippen molar-refractivity contribution in [1.82, 2.24) is 19.7 Å². The standard InChI is InChI=1S/C20H23N5/c1-2-6-17(7-3-1)13-24-14-18(12-22-20-8-4-5-10-21-20)15-25-19(16-24)9-11-23-25/h1-11,18H,12-16H2,(H,21,22)/t18-/m1/s1. The Morgan fingerprint density at radius 3 is 2.68 bits per heavy atom. The molecule has 0 aliphatic carbocycles. The zero-order valence-corrected chi connectivity index (χ0v) is 14.3. The van der Waals surface area contributed by atoms with Crippen molar-refractivity contribution in [2.45, 2.75) is 19.6 Å². The normalized spacial score (nSPS) is 17.7. The van der Waals surface area contributed by atoms with Crippen molar-refractivity contribution < 1.29 is 0 Å². The highest BCUT2D eigenvalue weighted by atomic mass is 15.3. The highest BCUT2D eigenvalue weighted by Crippen LogP contribution is 2.18. The molecule has 128 valence electrons. The second-order valence-corrected chi connectivity index (χ2v) is 6.62. The van der Waals surface area contributed by atoms with Gasteiger partial charge >= 0.3 is 0 Å². The van der Waals surface area contributed by atoms with Crippen molar-refractivity contribution in [3.05, 3.63) is 78.2 Å². The quantitative estimate of drug-likeness (QED) is 0.780. The first kappa shape index (κ1) is 15.8. The Kier molecular flexibility index (Phi) is 4.74. The van der Waals surface area contributed by atoms with Gasteiger partial charge in [0.05, 0.1) is 5.69 Å². The molecule has 1 aromatic carbocycles. The van der Waals surface area contributed by atoms with Gasteiger partial charge in [0.15, 0.2) is 0 Å². The molecule has 4 rings (SSSR count). The maximum Gasteiger partial charge on any atom is 0.125 e. The fourth-order valence-corrected chi connectivity index (χ4v) is 3.43. The topological polar surface area (TPSA) is 46.0 Å². The number of aromatic nitrogens is 3. The third-order valence-electron chi connectivity index (χ3n) is 4.62. The Morgan fingerprint density at radius 2 is 1.84 bits per heavy atom. The van der Waals surface area contributed by atoms with Crippen LogP contribution in [0, 0.1) is 5.92 Å². The summed E-state index contributed by atoms with van der Waals surface area (Å²) in [6.07, 6.45) is 3.73. The molecule has 1 aliphatic heterocycles. The molecule has 0 bridgehead atoms. The van der Waals surface area contributed by atoms with Crippen LogP contribution in [0.1, 0.15) is 11.3 Å². The van der Waals surface area contributed by atoms with Crippen LogP contribution in [0.5, 0.6) is 0 Å². The van der Waals surface area contributed by atoms with E-state index >= 15 is 0 Å². The summed E-state index contributed by atoms with van der Waals surface area (Å²) in [4.78, 5) is 6.88. The van der Waals surface area contributed by atoms with Gasteiger partial charge in [0.2, 0.25) is 0 Å². The molecule has 25 heavy (non-hydrogen) atoms. The molecular weight excluding hydrogens is 310 g/mol. The van der Waals surface area contributed by atoms with Crippen LogP contribution >= 0.6 is 0 Å². The van der Waals surface area contributed by atoms with Crippen LogP contribution in [0.2, 0.25) is 0 Å². The Balaban J connectivity index is 1.47. The lowest BCUT2D eigenvalue weighted by molar-refractivity contribution is 0.225. The van der Waals surface area contributed by atoms with Gasteiger partial charge in [0, 0.05) is 51.0 Å². The van der Waals surface area contributed by atoms with Gasteiger partial charge in [0.1, 0.15) is 5.82 Å². The molecule has 2 aromatic heterocycles. The van der Waals surface area contributed by atoms with Gasteiger partial charge in [-0.05, 0) is 23.8 Å². The van der Waals surface area contributed by atoms with Gasteiger partial charge in [-0.3, -0.25) is 9.58 Å². The lowest BCUT2D eigenvalue weighted by Gasteiger charge is -2.24. The number of benzene rings is 1. The third kappa shape index (κ3) is 4.06. The van der Waals surface area contributed by atoms with Gasteiger partial charge in [0.25, 0.3) is 0 Å². The number of hydrogen-bond donors (Lipinski definition) is 1. The third-order valence-corrected chi connectivity index (χ3v) is 4.62. The molecule has 0 spiro atoms. The zero-order valence-electron chi connectivity index (χ0n) is 14.3. The molecule has 1 atom stereocenters. The predicted octanol–water partition coefficient (Wildman–Crippen LogP) is 3.02. The van der Waals surface area contributed by atoms with Gasteiger partial charge < -0.3 is 5.32 Å². The Morgan fingerprint density at radius 1 is 0.960 bits per heavy atom. The lowest BCUT2D eigenvalue weighted by Crippen LogP contribution is -2.31. The molecule has 0 fully saturated rings. The molecule has 0 saturated heterocycles. The summed E-state index contributed by atoms with van der Waals surface area (Å²) in [5.74, 6) is 1.41. The summed E-state index contributed by atoms with van der Waals surface area (Å²) in [7, 11) is 0. The van der Waals surface area contributed by atoms with Crippen molar-refractivity contribution in [2.75, 3.05) is 18.4 Å². The molecule has 0 saturated carbocycles. The highest BCUT2D eigenvalue weighted by Gasteiger charge is 2.22. The van der Waals surface area contributed by atoms with E-state index in [0.717, 1.165) is 38.5 Å². The van der Waals surface area contributed by atoms with Crippen LogP contribution in [0.4, 0.5) is 5.82 Å². The number of pyridine rings is 1. The van der Waals surface area contributed by atoms with Crippen molar-refractivity contribution in [3.63, 3.8) is 0 Å². The number of anilines is 1. The number of nitrogens with zero attached hydrogens (tertiary/aromatic N) is 4. The summed E-state index contributed by atoms with van der Waals surface area (Å²) < 4.78 is 2.15. The minimum Gasteiger partial charge on any atom is -0.370 e. The van der Waals surface area contributed by atoms with E-state index in [1.165, 1.54) is 11.3 Å². The predicted molar refractivity (Wildman–Crippen MR) is 99.0 cm³/mol. The molecule has 3 heterocycles. The summed E-state index contributed by atoms with van der Waals surface area (Å²) in [6.45, 7) is 4.77. The smallest absolute Gasteiger partial charge is 0.125 e. The number of hydrogen-bond acceptors (Lipinski definition) is 4.